The molecule has 2 N–H and O–H groups in total. The van der Waals surface area contributed by atoms with Crippen molar-refractivity contribution in [2.75, 3.05) is 18.4 Å². The fraction of sp³-hybridized carbons (Fsp3) is 0.462. The minimum absolute atomic E-state index is 0.0235. The zero-order valence-corrected chi connectivity index (χ0v) is 12.1. The van der Waals surface area contributed by atoms with E-state index < -0.39 is 0 Å². The molecule has 0 saturated heterocycles. The van der Waals surface area contributed by atoms with Crippen LogP contribution in [0.25, 0.3) is 0 Å². The van der Waals surface area contributed by atoms with Crippen molar-refractivity contribution in [1.29, 1.82) is 0 Å². The van der Waals surface area contributed by atoms with E-state index in [4.69, 9.17) is 0 Å². The zero-order chi connectivity index (χ0) is 12.8. The summed E-state index contributed by atoms with van der Waals surface area (Å²) in [7, 11) is 0. The van der Waals surface area contributed by atoms with Gasteiger partial charge in [-0.1, -0.05) is 35.8 Å². The maximum absolute atomic E-state index is 11.5. The topological polar surface area (TPSA) is 41.1 Å². The number of anilines is 1. The van der Waals surface area contributed by atoms with Gasteiger partial charge in [-0.2, -0.15) is 0 Å². The molecule has 0 unspecified atom stereocenters. The summed E-state index contributed by atoms with van der Waals surface area (Å²) < 4.78 is 1.05. The van der Waals surface area contributed by atoms with Gasteiger partial charge >= 0.3 is 0 Å². The third-order valence-corrected chi connectivity index (χ3v) is 3.19. The maximum atomic E-state index is 11.5. The number of hydrogen-bond acceptors (Lipinski definition) is 2. The third kappa shape index (κ3) is 5.22. The molecule has 0 aliphatic rings. The Morgan fingerprint density at radius 1 is 1.41 bits per heavy atom. The predicted molar refractivity (Wildman–Crippen MR) is 75.2 cm³/mol. The molecule has 0 radical (unpaired) electrons. The molecule has 1 amide bonds. The van der Waals surface area contributed by atoms with Gasteiger partial charge in [0.15, 0.2) is 0 Å². The quantitative estimate of drug-likeness (QED) is 0.877. The van der Waals surface area contributed by atoms with Crippen LogP contribution >= 0.6 is 15.9 Å². The Balaban J connectivity index is 2.39. The van der Waals surface area contributed by atoms with Gasteiger partial charge in [-0.15, -0.1) is 0 Å². The van der Waals surface area contributed by atoms with Gasteiger partial charge < -0.3 is 10.6 Å². The van der Waals surface area contributed by atoms with E-state index >= 15 is 0 Å². The number of halogens is 1. The summed E-state index contributed by atoms with van der Waals surface area (Å²) >= 11 is 3.46. The summed E-state index contributed by atoms with van der Waals surface area (Å²) in [5.74, 6) is 0.503. The van der Waals surface area contributed by atoms with Crippen LogP contribution in [0.1, 0.15) is 19.4 Å². The molecule has 94 valence electrons. The Morgan fingerprint density at radius 2 is 2.12 bits per heavy atom. The van der Waals surface area contributed by atoms with Crippen LogP contribution in [0, 0.1) is 12.8 Å². The summed E-state index contributed by atoms with van der Waals surface area (Å²) in [6.45, 7) is 7.21. The average Bonchev–Trinajstić information content (AvgIpc) is 2.28. The first-order chi connectivity index (χ1) is 7.99. The van der Waals surface area contributed by atoms with E-state index in [1.165, 1.54) is 5.56 Å². The lowest BCUT2D eigenvalue weighted by Gasteiger charge is -2.10. The van der Waals surface area contributed by atoms with Crippen molar-refractivity contribution < 1.29 is 4.79 Å². The largest absolute Gasteiger partial charge is 0.376 e. The van der Waals surface area contributed by atoms with Crippen molar-refractivity contribution in [2.45, 2.75) is 20.8 Å². The summed E-state index contributed by atoms with van der Waals surface area (Å²) in [4.78, 5) is 11.5. The smallest absolute Gasteiger partial charge is 0.239 e. The number of carbonyl (C=O) groups is 1. The molecule has 3 nitrogen and oxygen atoms in total. The van der Waals surface area contributed by atoms with Gasteiger partial charge in [0.25, 0.3) is 0 Å². The van der Waals surface area contributed by atoms with E-state index in [0.717, 1.165) is 16.7 Å². The Bertz CT molecular complexity index is 391. The molecule has 0 aliphatic heterocycles. The van der Waals surface area contributed by atoms with E-state index in [0.29, 0.717) is 12.5 Å². The second kappa shape index (κ2) is 6.64. The van der Waals surface area contributed by atoms with Crippen molar-refractivity contribution in [3.8, 4) is 0 Å². The molecule has 4 heteroatoms. The Kier molecular flexibility index (Phi) is 5.48. The highest BCUT2D eigenvalue weighted by Crippen LogP contribution is 2.20. The molecule has 17 heavy (non-hydrogen) atoms. The SMILES string of the molecule is Cc1ccc(NCC(=O)NCC(C)C)cc1Br. The summed E-state index contributed by atoms with van der Waals surface area (Å²) in [5.41, 5.74) is 2.13. The number of rotatable bonds is 5. The van der Waals surface area contributed by atoms with Crippen molar-refractivity contribution in [3.05, 3.63) is 28.2 Å². The highest BCUT2D eigenvalue weighted by molar-refractivity contribution is 9.10. The van der Waals surface area contributed by atoms with Crippen LogP contribution in [-0.2, 0) is 4.79 Å². The lowest BCUT2D eigenvalue weighted by Crippen LogP contribution is -2.32. The summed E-state index contributed by atoms with van der Waals surface area (Å²) in [6, 6.07) is 5.96. The molecule has 0 atom stereocenters. The highest BCUT2D eigenvalue weighted by atomic mass is 79.9. The van der Waals surface area contributed by atoms with Crippen molar-refractivity contribution in [3.63, 3.8) is 0 Å². The van der Waals surface area contributed by atoms with Crippen LogP contribution in [0.4, 0.5) is 5.69 Å². The molecule has 1 aromatic rings. The molecule has 1 rings (SSSR count). The Labute approximate surface area is 111 Å². The van der Waals surface area contributed by atoms with Gasteiger partial charge in [0.1, 0.15) is 0 Å². The van der Waals surface area contributed by atoms with Crippen LogP contribution in [0.3, 0.4) is 0 Å². The van der Waals surface area contributed by atoms with Crippen molar-refractivity contribution in [2.24, 2.45) is 5.92 Å². The average molecular weight is 299 g/mol. The molecule has 0 aliphatic carbocycles. The van der Waals surface area contributed by atoms with Crippen LogP contribution in [0.15, 0.2) is 22.7 Å². The molecule has 0 fully saturated rings. The number of amides is 1. The third-order valence-electron chi connectivity index (χ3n) is 2.33. The van der Waals surface area contributed by atoms with Crippen molar-refractivity contribution in [1.82, 2.24) is 5.32 Å². The lowest BCUT2D eigenvalue weighted by molar-refractivity contribution is -0.119. The number of carbonyl (C=O) groups excluding carboxylic acids is 1. The second-order valence-corrected chi connectivity index (χ2v) is 5.37. The van der Waals surface area contributed by atoms with Gasteiger partial charge in [-0.25, -0.2) is 0 Å². The van der Waals surface area contributed by atoms with E-state index in [2.05, 4.69) is 40.4 Å². The van der Waals surface area contributed by atoms with E-state index in [9.17, 15) is 4.79 Å². The first kappa shape index (κ1) is 14.0. The summed E-state index contributed by atoms with van der Waals surface area (Å²) in [6.07, 6.45) is 0. The molecule has 0 heterocycles. The normalized spacial score (nSPS) is 10.4. The van der Waals surface area contributed by atoms with E-state index in [-0.39, 0.29) is 5.91 Å². The maximum Gasteiger partial charge on any atom is 0.239 e. The molecular formula is C13H19BrN2O. The second-order valence-electron chi connectivity index (χ2n) is 4.52. The molecule has 0 aromatic heterocycles. The van der Waals surface area contributed by atoms with E-state index in [1.54, 1.807) is 0 Å². The van der Waals surface area contributed by atoms with Crippen molar-refractivity contribution >= 4 is 27.5 Å². The predicted octanol–water partition coefficient (Wildman–Crippen LogP) is 2.94. The standard InChI is InChI=1S/C13H19BrN2O/c1-9(2)7-16-13(17)8-15-11-5-4-10(3)12(14)6-11/h4-6,9,15H,7-8H2,1-3H3,(H,16,17). The van der Waals surface area contributed by atoms with Crippen LogP contribution in [0.2, 0.25) is 0 Å². The van der Waals surface area contributed by atoms with Gasteiger partial charge in [0.05, 0.1) is 6.54 Å². The molecule has 0 saturated carbocycles. The number of benzene rings is 1. The van der Waals surface area contributed by atoms with Gasteiger partial charge in [0.2, 0.25) is 5.91 Å². The van der Waals surface area contributed by atoms with Gasteiger partial charge in [-0.3, -0.25) is 4.79 Å². The lowest BCUT2D eigenvalue weighted by atomic mass is 10.2. The first-order valence-corrected chi connectivity index (χ1v) is 6.55. The van der Waals surface area contributed by atoms with Crippen LogP contribution in [-0.4, -0.2) is 19.0 Å². The summed E-state index contributed by atoms with van der Waals surface area (Å²) in [5, 5.41) is 5.96. The fourth-order valence-corrected chi connectivity index (χ4v) is 1.64. The molecule has 1 aromatic carbocycles. The molecular weight excluding hydrogens is 280 g/mol. The van der Waals surface area contributed by atoms with Crippen LogP contribution in [0.5, 0.6) is 0 Å². The number of hydrogen-bond donors (Lipinski definition) is 2. The minimum Gasteiger partial charge on any atom is -0.376 e. The Morgan fingerprint density at radius 3 is 2.71 bits per heavy atom. The highest BCUT2D eigenvalue weighted by Gasteiger charge is 2.02. The molecule has 0 bridgehead atoms. The number of aryl methyl sites for hydroxylation is 1. The fourth-order valence-electron chi connectivity index (χ4n) is 1.27. The Hall–Kier alpha value is -1.03. The first-order valence-electron chi connectivity index (χ1n) is 5.75. The van der Waals surface area contributed by atoms with Crippen LogP contribution < -0.4 is 10.6 Å². The van der Waals surface area contributed by atoms with E-state index in [1.807, 2.05) is 25.1 Å². The van der Waals surface area contributed by atoms with Gasteiger partial charge in [-0.05, 0) is 30.5 Å². The monoisotopic (exact) mass is 298 g/mol. The number of nitrogens with one attached hydrogen (secondary N) is 2. The molecule has 0 spiro atoms. The zero-order valence-electron chi connectivity index (χ0n) is 10.5. The van der Waals surface area contributed by atoms with Gasteiger partial charge in [0, 0.05) is 16.7 Å². The minimum atomic E-state index is 0.0235.